The van der Waals surface area contributed by atoms with Crippen LogP contribution < -0.4 is 5.32 Å². The summed E-state index contributed by atoms with van der Waals surface area (Å²) in [6.07, 6.45) is 1.38. The van der Waals surface area contributed by atoms with Crippen molar-refractivity contribution in [3.8, 4) is 0 Å². The SMILES string of the molecule is CNC(c1ccccc1)C(C)(C)CN1CC(C)CC(C)C1. The highest BCUT2D eigenvalue weighted by atomic mass is 15.1. The van der Waals surface area contributed by atoms with Gasteiger partial charge in [0, 0.05) is 25.7 Å². The van der Waals surface area contributed by atoms with Crippen molar-refractivity contribution in [1.82, 2.24) is 10.2 Å². The Labute approximate surface area is 130 Å². The van der Waals surface area contributed by atoms with Crippen LogP contribution >= 0.6 is 0 Å². The zero-order valence-corrected chi connectivity index (χ0v) is 14.4. The summed E-state index contributed by atoms with van der Waals surface area (Å²) in [4.78, 5) is 2.67. The largest absolute Gasteiger partial charge is 0.313 e. The first-order valence-corrected chi connectivity index (χ1v) is 8.37. The first kappa shape index (κ1) is 16.5. The molecule has 3 atom stereocenters. The zero-order valence-electron chi connectivity index (χ0n) is 14.4. The Morgan fingerprint density at radius 2 is 1.71 bits per heavy atom. The molecule has 0 spiro atoms. The summed E-state index contributed by atoms with van der Waals surface area (Å²) in [6.45, 7) is 13.2. The standard InChI is InChI=1S/C19H32N2/c1-15-11-16(2)13-21(12-15)14-19(3,4)18(20-5)17-9-7-6-8-10-17/h6-10,15-16,18,20H,11-14H2,1-5H3. The predicted octanol–water partition coefficient (Wildman–Crippen LogP) is 3.95. The van der Waals surface area contributed by atoms with E-state index in [1.54, 1.807) is 0 Å². The Kier molecular flexibility index (Phi) is 5.45. The van der Waals surface area contributed by atoms with Crippen LogP contribution in [0, 0.1) is 17.3 Å². The molecular weight excluding hydrogens is 256 g/mol. The van der Waals surface area contributed by atoms with Crippen molar-refractivity contribution < 1.29 is 0 Å². The second kappa shape index (κ2) is 6.93. The van der Waals surface area contributed by atoms with Gasteiger partial charge in [-0.25, -0.2) is 0 Å². The predicted molar refractivity (Wildman–Crippen MR) is 91.4 cm³/mol. The quantitative estimate of drug-likeness (QED) is 0.882. The molecule has 0 saturated carbocycles. The minimum absolute atomic E-state index is 0.215. The maximum Gasteiger partial charge on any atom is 0.0381 e. The lowest BCUT2D eigenvalue weighted by Gasteiger charge is -2.43. The first-order chi connectivity index (χ1) is 9.92. The smallest absolute Gasteiger partial charge is 0.0381 e. The lowest BCUT2D eigenvalue weighted by molar-refractivity contribution is 0.0791. The number of likely N-dealkylation sites (tertiary alicyclic amines) is 1. The Morgan fingerprint density at radius 3 is 2.24 bits per heavy atom. The van der Waals surface area contributed by atoms with E-state index in [4.69, 9.17) is 0 Å². The van der Waals surface area contributed by atoms with Gasteiger partial charge in [-0.05, 0) is 36.3 Å². The number of rotatable bonds is 5. The Bertz CT molecular complexity index is 416. The molecule has 1 aromatic carbocycles. The van der Waals surface area contributed by atoms with Crippen LogP contribution in [0.3, 0.4) is 0 Å². The van der Waals surface area contributed by atoms with Gasteiger partial charge in [-0.1, -0.05) is 58.0 Å². The van der Waals surface area contributed by atoms with Gasteiger partial charge < -0.3 is 10.2 Å². The van der Waals surface area contributed by atoms with Crippen LogP contribution in [0.1, 0.15) is 45.7 Å². The summed E-state index contributed by atoms with van der Waals surface area (Å²) >= 11 is 0. The summed E-state index contributed by atoms with van der Waals surface area (Å²) in [5, 5.41) is 3.54. The molecule has 1 aromatic rings. The molecule has 1 heterocycles. The van der Waals surface area contributed by atoms with Crippen LogP contribution in [0.25, 0.3) is 0 Å². The molecule has 1 saturated heterocycles. The lowest BCUT2D eigenvalue weighted by Crippen LogP contribution is -2.47. The molecule has 0 aromatic heterocycles. The molecule has 118 valence electrons. The molecule has 1 fully saturated rings. The van der Waals surface area contributed by atoms with Crippen LogP contribution in [0.15, 0.2) is 30.3 Å². The van der Waals surface area contributed by atoms with Crippen molar-refractivity contribution in [1.29, 1.82) is 0 Å². The Morgan fingerprint density at radius 1 is 1.14 bits per heavy atom. The average molecular weight is 288 g/mol. The van der Waals surface area contributed by atoms with E-state index < -0.39 is 0 Å². The van der Waals surface area contributed by atoms with E-state index >= 15 is 0 Å². The first-order valence-electron chi connectivity index (χ1n) is 8.37. The topological polar surface area (TPSA) is 15.3 Å². The number of benzene rings is 1. The number of hydrogen-bond acceptors (Lipinski definition) is 2. The summed E-state index contributed by atoms with van der Waals surface area (Å²) in [7, 11) is 2.08. The van der Waals surface area contributed by atoms with Gasteiger partial charge in [-0.3, -0.25) is 0 Å². The molecule has 0 aliphatic carbocycles. The van der Waals surface area contributed by atoms with Crippen LogP contribution in [0.5, 0.6) is 0 Å². The molecule has 2 rings (SSSR count). The number of nitrogens with zero attached hydrogens (tertiary/aromatic N) is 1. The van der Waals surface area contributed by atoms with Gasteiger partial charge in [0.2, 0.25) is 0 Å². The fourth-order valence-corrected chi connectivity index (χ4v) is 4.24. The second-order valence-corrected chi connectivity index (χ2v) is 7.76. The van der Waals surface area contributed by atoms with Gasteiger partial charge in [0.1, 0.15) is 0 Å². The number of hydrogen-bond donors (Lipinski definition) is 1. The van der Waals surface area contributed by atoms with Gasteiger partial charge >= 0.3 is 0 Å². The highest BCUT2D eigenvalue weighted by Gasteiger charge is 2.33. The molecule has 0 radical (unpaired) electrons. The summed E-state index contributed by atoms with van der Waals surface area (Å²) < 4.78 is 0. The van der Waals surface area contributed by atoms with E-state index in [0.29, 0.717) is 6.04 Å². The molecule has 0 amide bonds. The van der Waals surface area contributed by atoms with Crippen molar-refractivity contribution in [2.75, 3.05) is 26.7 Å². The fourth-order valence-electron chi connectivity index (χ4n) is 4.24. The van der Waals surface area contributed by atoms with Crippen molar-refractivity contribution in [2.24, 2.45) is 17.3 Å². The highest BCUT2D eigenvalue weighted by molar-refractivity contribution is 5.21. The van der Waals surface area contributed by atoms with E-state index in [1.807, 2.05) is 0 Å². The van der Waals surface area contributed by atoms with E-state index in [-0.39, 0.29) is 5.41 Å². The molecule has 1 N–H and O–H groups in total. The van der Waals surface area contributed by atoms with Gasteiger partial charge in [0.05, 0.1) is 0 Å². The van der Waals surface area contributed by atoms with Gasteiger partial charge in [-0.2, -0.15) is 0 Å². The van der Waals surface area contributed by atoms with Crippen molar-refractivity contribution >= 4 is 0 Å². The Balaban J connectivity index is 2.09. The van der Waals surface area contributed by atoms with Crippen molar-refractivity contribution in [2.45, 2.75) is 40.2 Å². The maximum absolute atomic E-state index is 3.54. The second-order valence-electron chi connectivity index (χ2n) is 7.76. The van der Waals surface area contributed by atoms with E-state index in [2.05, 4.69) is 75.3 Å². The van der Waals surface area contributed by atoms with Gasteiger partial charge in [-0.15, -0.1) is 0 Å². The molecular formula is C19H32N2. The third-order valence-corrected chi connectivity index (χ3v) is 4.78. The van der Waals surface area contributed by atoms with Crippen LogP contribution in [0.4, 0.5) is 0 Å². The van der Waals surface area contributed by atoms with Gasteiger partial charge in [0.25, 0.3) is 0 Å². The third-order valence-electron chi connectivity index (χ3n) is 4.78. The Hall–Kier alpha value is -0.860. The number of piperidine rings is 1. The molecule has 1 aliphatic rings. The molecule has 2 nitrogen and oxygen atoms in total. The third kappa shape index (κ3) is 4.31. The maximum atomic E-state index is 3.54. The summed E-state index contributed by atoms with van der Waals surface area (Å²) in [5.41, 5.74) is 1.61. The average Bonchev–Trinajstić information content (AvgIpc) is 2.38. The van der Waals surface area contributed by atoms with E-state index in [1.165, 1.54) is 25.1 Å². The van der Waals surface area contributed by atoms with E-state index in [9.17, 15) is 0 Å². The van der Waals surface area contributed by atoms with Crippen molar-refractivity contribution in [3.05, 3.63) is 35.9 Å². The molecule has 0 bridgehead atoms. The van der Waals surface area contributed by atoms with Crippen LogP contribution in [0.2, 0.25) is 0 Å². The fraction of sp³-hybridized carbons (Fsp3) is 0.684. The summed E-state index contributed by atoms with van der Waals surface area (Å²) in [6, 6.07) is 11.2. The molecule has 21 heavy (non-hydrogen) atoms. The number of nitrogens with one attached hydrogen (secondary N) is 1. The van der Waals surface area contributed by atoms with Crippen LogP contribution in [-0.4, -0.2) is 31.6 Å². The summed E-state index contributed by atoms with van der Waals surface area (Å²) in [5.74, 6) is 1.66. The zero-order chi connectivity index (χ0) is 15.5. The normalized spacial score (nSPS) is 25.8. The van der Waals surface area contributed by atoms with E-state index in [0.717, 1.165) is 18.4 Å². The highest BCUT2D eigenvalue weighted by Crippen LogP contribution is 2.35. The lowest BCUT2D eigenvalue weighted by atomic mass is 9.79. The molecule has 3 unspecified atom stereocenters. The molecule has 2 heteroatoms. The molecule has 1 aliphatic heterocycles. The minimum Gasteiger partial charge on any atom is -0.313 e. The van der Waals surface area contributed by atoms with Crippen molar-refractivity contribution in [3.63, 3.8) is 0 Å². The van der Waals surface area contributed by atoms with Crippen LogP contribution in [-0.2, 0) is 0 Å². The monoisotopic (exact) mass is 288 g/mol. The van der Waals surface area contributed by atoms with Gasteiger partial charge in [0.15, 0.2) is 0 Å². The minimum atomic E-state index is 0.215.